The van der Waals surface area contributed by atoms with Gasteiger partial charge in [0, 0.05) is 5.38 Å². The molecule has 1 aliphatic rings. The average Bonchev–Trinajstić information content (AvgIpc) is 2.84. The summed E-state index contributed by atoms with van der Waals surface area (Å²) in [4.78, 5) is 16.1. The van der Waals surface area contributed by atoms with E-state index in [1.165, 1.54) is 11.3 Å². The monoisotopic (exact) mass is 336 g/mol. The van der Waals surface area contributed by atoms with Crippen LogP contribution in [-0.2, 0) is 21.1 Å². The molecule has 0 aliphatic carbocycles. The maximum absolute atomic E-state index is 11.8. The summed E-state index contributed by atoms with van der Waals surface area (Å²) in [7, 11) is -3.25. The van der Waals surface area contributed by atoms with Gasteiger partial charge in [0.15, 0.2) is 9.84 Å². The summed E-state index contributed by atoms with van der Waals surface area (Å²) in [5.74, 6) is 0.120. The fourth-order valence-electron chi connectivity index (χ4n) is 1.95. The highest BCUT2D eigenvalue weighted by atomic mass is 32.2. The van der Waals surface area contributed by atoms with E-state index in [4.69, 9.17) is 0 Å². The Hall–Kier alpha value is -0.640. The third-order valence-corrected chi connectivity index (χ3v) is 6.48. The maximum atomic E-state index is 11.8. The second-order valence-corrected chi connectivity index (χ2v) is 9.06. The quantitative estimate of drug-likeness (QED) is 0.739. The van der Waals surface area contributed by atoms with E-state index in [1.54, 1.807) is 11.8 Å². The van der Waals surface area contributed by atoms with Crippen molar-refractivity contribution in [2.45, 2.75) is 29.8 Å². The number of hydrogen-bond donors (Lipinski definition) is 2. The maximum Gasteiger partial charge on any atom is 0.226 e. The van der Waals surface area contributed by atoms with Gasteiger partial charge in [0.05, 0.1) is 35.8 Å². The molecule has 1 aromatic rings. The van der Waals surface area contributed by atoms with Crippen LogP contribution in [0.3, 0.4) is 0 Å². The first-order valence-electron chi connectivity index (χ1n) is 6.14. The number of aliphatic hydroxyl groups excluding tert-OH is 1. The molecule has 0 unspecified atom stereocenters. The number of nitrogens with one attached hydrogen (secondary N) is 1. The molecule has 0 saturated carbocycles. The summed E-state index contributed by atoms with van der Waals surface area (Å²) in [5.41, 5.74) is 0.666. The van der Waals surface area contributed by atoms with Crippen LogP contribution in [0.2, 0.25) is 0 Å². The van der Waals surface area contributed by atoms with Crippen molar-refractivity contribution in [2.24, 2.45) is 0 Å². The lowest BCUT2D eigenvalue weighted by molar-refractivity contribution is -0.121. The van der Waals surface area contributed by atoms with Crippen LogP contribution in [0.15, 0.2) is 9.72 Å². The zero-order valence-electron chi connectivity index (χ0n) is 10.9. The van der Waals surface area contributed by atoms with Crippen molar-refractivity contribution in [1.82, 2.24) is 10.3 Å². The van der Waals surface area contributed by atoms with E-state index in [1.807, 2.05) is 12.3 Å². The summed E-state index contributed by atoms with van der Waals surface area (Å²) in [6.45, 7) is 2.03. The lowest BCUT2D eigenvalue weighted by Gasteiger charge is -2.14. The van der Waals surface area contributed by atoms with Gasteiger partial charge < -0.3 is 10.4 Å². The van der Waals surface area contributed by atoms with E-state index >= 15 is 0 Å². The first-order valence-corrected chi connectivity index (χ1v) is 9.83. The van der Waals surface area contributed by atoms with Crippen molar-refractivity contribution in [3.8, 4) is 0 Å². The smallest absolute Gasteiger partial charge is 0.226 e. The molecule has 6 nitrogen and oxygen atoms in total. The Morgan fingerprint density at radius 2 is 2.35 bits per heavy atom. The van der Waals surface area contributed by atoms with Gasteiger partial charge in [0.25, 0.3) is 0 Å². The van der Waals surface area contributed by atoms with Crippen molar-refractivity contribution in [2.75, 3.05) is 17.3 Å². The lowest BCUT2D eigenvalue weighted by Crippen LogP contribution is -2.43. The van der Waals surface area contributed by atoms with E-state index in [2.05, 4.69) is 10.3 Å². The van der Waals surface area contributed by atoms with Crippen LogP contribution in [0, 0.1) is 0 Å². The van der Waals surface area contributed by atoms with Crippen LogP contribution in [0.4, 0.5) is 0 Å². The topological polar surface area (TPSA) is 96.4 Å². The summed E-state index contributed by atoms with van der Waals surface area (Å²) in [6.07, 6.45) is -0.921. The molecule has 0 spiro atoms. The highest BCUT2D eigenvalue weighted by Gasteiger charge is 2.37. The fourth-order valence-corrected chi connectivity index (χ4v) is 5.43. The second kappa shape index (κ2) is 6.42. The van der Waals surface area contributed by atoms with Crippen LogP contribution < -0.4 is 5.32 Å². The predicted molar refractivity (Wildman–Crippen MR) is 78.8 cm³/mol. The summed E-state index contributed by atoms with van der Waals surface area (Å²) in [6, 6.07) is -0.712. The van der Waals surface area contributed by atoms with Crippen LogP contribution >= 0.6 is 23.1 Å². The standard InChI is InChI=1S/C11H16N2O4S3/c1-2-18-11-12-7(4-19-11)3-10(15)13-8-5-20(16,17)6-9(8)14/h4,8-9,14H,2-3,5-6H2,1H3,(H,13,15)/t8-,9-/m1/s1. The van der Waals surface area contributed by atoms with Crippen LogP contribution in [-0.4, -0.2) is 53.8 Å². The molecule has 1 aromatic heterocycles. The Morgan fingerprint density at radius 3 is 2.95 bits per heavy atom. The SMILES string of the molecule is CCSc1nc(CC(=O)N[C@@H]2CS(=O)(=O)C[C@H]2O)cs1. The predicted octanol–water partition coefficient (Wildman–Crippen LogP) is 0.0717. The molecule has 0 aromatic carbocycles. The molecule has 1 saturated heterocycles. The molecule has 1 amide bonds. The fraction of sp³-hybridized carbons (Fsp3) is 0.636. The highest BCUT2D eigenvalue weighted by Crippen LogP contribution is 2.22. The number of aromatic nitrogens is 1. The van der Waals surface area contributed by atoms with Crippen molar-refractivity contribution >= 4 is 38.8 Å². The Kier molecular flexibility index (Phi) is 5.05. The summed E-state index contributed by atoms with van der Waals surface area (Å²) >= 11 is 3.10. The minimum atomic E-state index is -3.25. The number of rotatable bonds is 5. The number of thioether (sulfide) groups is 1. The van der Waals surface area contributed by atoms with Crippen molar-refractivity contribution in [3.63, 3.8) is 0 Å². The Morgan fingerprint density at radius 1 is 1.60 bits per heavy atom. The number of nitrogens with zero attached hydrogens (tertiary/aromatic N) is 1. The average molecular weight is 336 g/mol. The summed E-state index contributed by atoms with van der Waals surface area (Å²) in [5, 5.41) is 14.0. The number of hydrogen-bond acceptors (Lipinski definition) is 7. The van der Waals surface area contributed by atoms with Gasteiger partial charge in [-0.15, -0.1) is 11.3 Å². The van der Waals surface area contributed by atoms with E-state index in [-0.39, 0.29) is 23.8 Å². The Balaban J connectivity index is 1.89. The van der Waals surface area contributed by atoms with Crippen LogP contribution in [0.5, 0.6) is 0 Å². The molecular weight excluding hydrogens is 320 g/mol. The van der Waals surface area contributed by atoms with Crippen molar-refractivity contribution < 1.29 is 18.3 Å². The third kappa shape index (κ3) is 4.18. The van der Waals surface area contributed by atoms with Gasteiger partial charge in [0.1, 0.15) is 4.34 Å². The van der Waals surface area contributed by atoms with Gasteiger partial charge in [-0.05, 0) is 5.75 Å². The molecule has 112 valence electrons. The van der Waals surface area contributed by atoms with E-state index < -0.39 is 22.0 Å². The number of carbonyl (C=O) groups is 1. The molecule has 9 heteroatoms. The largest absolute Gasteiger partial charge is 0.390 e. The molecule has 1 aliphatic heterocycles. The number of sulfone groups is 1. The number of amides is 1. The van der Waals surface area contributed by atoms with Gasteiger partial charge in [-0.2, -0.15) is 0 Å². The second-order valence-electron chi connectivity index (χ2n) is 4.53. The Labute approximate surface area is 125 Å². The molecule has 0 bridgehead atoms. The van der Waals surface area contributed by atoms with Gasteiger partial charge in [-0.1, -0.05) is 18.7 Å². The lowest BCUT2D eigenvalue weighted by atomic mass is 10.2. The zero-order valence-corrected chi connectivity index (χ0v) is 13.4. The van der Waals surface area contributed by atoms with Crippen LogP contribution in [0.25, 0.3) is 0 Å². The van der Waals surface area contributed by atoms with E-state index in [0.717, 1.165) is 10.1 Å². The third-order valence-electron chi connectivity index (χ3n) is 2.81. The Bertz CT molecular complexity index is 584. The molecule has 2 rings (SSSR count). The molecule has 2 atom stereocenters. The first-order chi connectivity index (χ1) is 9.39. The number of thiazole rings is 1. The summed E-state index contributed by atoms with van der Waals surface area (Å²) < 4.78 is 23.6. The van der Waals surface area contributed by atoms with Gasteiger partial charge in [0.2, 0.25) is 5.91 Å². The first kappa shape index (κ1) is 15.7. The van der Waals surface area contributed by atoms with E-state index in [0.29, 0.717) is 5.69 Å². The van der Waals surface area contributed by atoms with Gasteiger partial charge >= 0.3 is 0 Å². The normalized spacial score (nSPS) is 24.7. The number of carbonyl (C=O) groups excluding carboxylic acids is 1. The van der Waals surface area contributed by atoms with E-state index in [9.17, 15) is 18.3 Å². The molecule has 2 N–H and O–H groups in total. The minimum Gasteiger partial charge on any atom is -0.390 e. The molecule has 1 fully saturated rings. The van der Waals surface area contributed by atoms with Crippen molar-refractivity contribution in [1.29, 1.82) is 0 Å². The highest BCUT2D eigenvalue weighted by molar-refractivity contribution is 8.00. The van der Waals surface area contributed by atoms with Gasteiger partial charge in [-0.25, -0.2) is 13.4 Å². The van der Waals surface area contributed by atoms with Crippen molar-refractivity contribution in [3.05, 3.63) is 11.1 Å². The minimum absolute atomic E-state index is 0.101. The molecule has 20 heavy (non-hydrogen) atoms. The van der Waals surface area contributed by atoms with Gasteiger partial charge in [-0.3, -0.25) is 4.79 Å². The molecular formula is C11H16N2O4S3. The van der Waals surface area contributed by atoms with Crippen LogP contribution in [0.1, 0.15) is 12.6 Å². The molecule has 0 radical (unpaired) electrons. The molecule has 2 heterocycles. The number of aliphatic hydroxyl groups is 1. The zero-order chi connectivity index (χ0) is 14.8.